The first-order chi connectivity index (χ1) is 16.6. The van der Waals surface area contributed by atoms with E-state index in [9.17, 15) is 4.39 Å². The van der Waals surface area contributed by atoms with Crippen LogP contribution in [-0.4, -0.2) is 43.4 Å². The number of aliphatic imine (C=N–C) groups is 1. The zero-order chi connectivity index (χ0) is 23.2. The fourth-order valence-corrected chi connectivity index (χ4v) is 4.49. The molecule has 2 aliphatic heterocycles. The van der Waals surface area contributed by atoms with E-state index in [1.807, 2.05) is 34.3 Å². The highest BCUT2D eigenvalue weighted by Gasteiger charge is 2.31. The van der Waals surface area contributed by atoms with Crippen molar-refractivity contribution in [1.82, 2.24) is 24.3 Å². The molecule has 1 atom stereocenters. The summed E-state index contributed by atoms with van der Waals surface area (Å²) in [5.41, 5.74) is 4.17. The Balaban J connectivity index is 1.46. The minimum Gasteiger partial charge on any atom is -0.474 e. The predicted molar refractivity (Wildman–Crippen MR) is 124 cm³/mol. The number of imidazole rings is 1. The number of fused-ring (bicyclic) bond motifs is 5. The number of aromatic nitrogens is 5. The summed E-state index contributed by atoms with van der Waals surface area (Å²) in [5, 5.41) is 9.43. The average Bonchev–Trinajstić information content (AvgIpc) is 3.56. The molecule has 0 amide bonds. The van der Waals surface area contributed by atoms with Crippen LogP contribution in [0.1, 0.15) is 35.7 Å². The van der Waals surface area contributed by atoms with Crippen LogP contribution in [-0.2, 0) is 22.6 Å². The highest BCUT2D eigenvalue weighted by molar-refractivity contribution is 6.31. The van der Waals surface area contributed by atoms with Crippen molar-refractivity contribution in [1.29, 1.82) is 0 Å². The number of hydrogen-bond acceptors (Lipinski definition) is 6. The molecule has 6 rings (SSSR count). The molecule has 0 spiro atoms. The molecule has 8 nitrogen and oxygen atoms in total. The predicted octanol–water partition coefficient (Wildman–Crippen LogP) is 4.34. The second-order valence-corrected chi connectivity index (χ2v) is 8.48. The van der Waals surface area contributed by atoms with Crippen LogP contribution in [0.5, 0.6) is 0 Å². The van der Waals surface area contributed by atoms with Crippen LogP contribution in [0.25, 0.3) is 17.1 Å². The Hall–Kier alpha value is -3.56. The number of nitrogens with zero attached hydrogens (tertiary/aromatic N) is 6. The van der Waals surface area contributed by atoms with Gasteiger partial charge < -0.3 is 14.0 Å². The lowest BCUT2D eigenvalue weighted by Gasteiger charge is -2.09. The van der Waals surface area contributed by atoms with Gasteiger partial charge in [-0.05, 0) is 42.8 Å². The molecule has 0 aliphatic carbocycles. The van der Waals surface area contributed by atoms with E-state index in [2.05, 4.69) is 15.2 Å². The topological polar surface area (TPSA) is 79.3 Å². The van der Waals surface area contributed by atoms with Crippen molar-refractivity contribution in [3.63, 3.8) is 0 Å². The Bertz CT molecular complexity index is 1410. The molecular weight excluding hydrogens is 459 g/mol. The zero-order valence-corrected chi connectivity index (χ0v) is 19.0. The lowest BCUT2D eigenvalue weighted by Crippen LogP contribution is -2.13. The fourth-order valence-electron chi connectivity index (χ4n) is 4.32. The Kier molecular flexibility index (Phi) is 5.15. The number of halogens is 2. The normalized spacial score (nSPS) is 16.3. The second-order valence-electron chi connectivity index (χ2n) is 8.05. The van der Waals surface area contributed by atoms with Crippen LogP contribution in [0.2, 0.25) is 5.02 Å². The van der Waals surface area contributed by atoms with Gasteiger partial charge in [0.1, 0.15) is 37.1 Å². The van der Waals surface area contributed by atoms with Crippen molar-refractivity contribution in [3.05, 3.63) is 82.4 Å². The van der Waals surface area contributed by atoms with Crippen molar-refractivity contribution in [2.24, 2.45) is 4.99 Å². The van der Waals surface area contributed by atoms with Crippen molar-refractivity contribution in [3.8, 4) is 17.1 Å². The Morgan fingerprint density at radius 1 is 1.18 bits per heavy atom. The van der Waals surface area contributed by atoms with Crippen LogP contribution in [0.4, 0.5) is 4.39 Å². The molecular formula is C24H20ClFN6O2. The molecule has 0 bridgehead atoms. The maximum Gasteiger partial charge on any atom is 0.238 e. The van der Waals surface area contributed by atoms with E-state index >= 15 is 0 Å². The fraction of sp³-hybridized carbons (Fsp3) is 0.250. The van der Waals surface area contributed by atoms with Crippen LogP contribution in [0.15, 0.2) is 53.8 Å². The van der Waals surface area contributed by atoms with E-state index in [0.29, 0.717) is 54.6 Å². The molecule has 0 unspecified atom stereocenters. The summed E-state index contributed by atoms with van der Waals surface area (Å²) in [7, 11) is 0. The first kappa shape index (κ1) is 21.0. The van der Waals surface area contributed by atoms with Gasteiger partial charge in [0.05, 0.1) is 17.9 Å². The van der Waals surface area contributed by atoms with Crippen molar-refractivity contribution >= 4 is 17.5 Å². The Labute approximate surface area is 199 Å². The summed E-state index contributed by atoms with van der Waals surface area (Å²) in [6.45, 7) is 3.67. The zero-order valence-electron chi connectivity index (χ0n) is 18.3. The third kappa shape index (κ3) is 3.48. The smallest absolute Gasteiger partial charge is 0.238 e. The van der Waals surface area contributed by atoms with Gasteiger partial charge in [-0.25, -0.2) is 14.4 Å². The van der Waals surface area contributed by atoms with Crippen molar-refractivity contribution in [2.75, 3.05) is 13.2 Å². The quantitative estimate of drug-likeness (QED) is 0.375. The minimum absolute atomic E-state index is 0.219. The van der Waals surface area contributed by atoms with E-state index in [-0.39, 0.29) is 11.9 Å². The summed E-state index contributed by atoms with van der Waals surface area (Å²) in [6.07, 6.45) is 1.76. The number of rotatable bonds is 5. The molecule has 4 heterocycles. The molecule has 10 heteroatoms. The van der Waals surface area contributed by atoms with Crippen LogP contribution in [0.3, 0.4) is 0 Å². The van der Waals surface area contributed by atoms with E-state index in [1.165, 1.54) is 12.1 Å². The summed E-state index contributed by atoms with van der Waals surface area (Å²) >= 11 is 6.34. The molecule has 2 aromatic heterocycles. The number of hydrogen-bond donors (Lipinski definition) is 0. The van der Waals surface area contributed by atoms with E-state index < -0.39 is 0 Å². The van der Waals surface area contributed by atoms with Gasteiger partial charge in [-0.15, -0.1) is 10.2 Å². The lowest BCUT2D eigenvalue weighted by atomic mass is 10.1. The van der Waals surface area contributed by atoms with E-state index in [0.717, 1.165) is 22.5 Å². The third-order valence-electron chi connectivity index (χ3n) is 6.00. The van der Waals surface area contributed by atoms with Crippen molar-refractivity contribution in [2.45, 2.75) is 26.1 Å². The summed E-state index contributed by atoms with van der Waals surface area (Å²) in [4.78, 5) is 9.43. The molecule has 0 saturated carbocycles. The first-order valence-corrected chi connectivity index (χ1v) is 11.3. The van der Waals surface area contributed by atoms with Crippen LogP contribution in [0, 0.1) is 5.82 Å². The van der Waals surface area contributed by atoms with Crippen LogP contribution < -0.4 is 0 Å². The van der Waals surface area contributed by atoms with Gasteiger partial charge in [0.15, 0.2) is 11.6 Å². The van der Waals surface area contributed by atoms with Gasteiger partial charge in [0.2, 0.25) is 5.90 Å². The maximum atomic E-state index is 13.3. The van der Waals surface area contributed by atoms with Gasteiger partial charge in [-0.2, -0.15) is 0 Å². The minimum atomic E-state index is -0.280. The van der Waals surface area contributed by atoms with Gasteiger partial charge in [0, 0.05) is 17.2 Å². The van der Waals surface area contributed by atoms with Gasteiger partial charge in [-0.1, -0.05) is 23.7 Å². The summed E-state index contributed by atoms with van der Waals surface area (Å²) in [5.74, 6) is 1.60. The monoisotopic (exact) mass is 478 g/mol. The largest absolute Gasteiger partial charge is 0.474 e. The third-order valence-corrected chi connectivity index (χ3v) is 6.24. The molecule has 2 aromatic carbocycles. The highest BCUT2D eigenvalue weighted by atomic mass is 35.5. The van der Waals surface area contributed by atoms with E-state index in [1.54, 1.807) is 18.5 Å². The standard InChI is InChI=1S/C24H20ClFN6O2/c1-2-33-12-21-29-30-23-17-9-15(25)5-8-19(17)32-13-27-22(20(32)10-31(21)23)24-28-18(11-34-24)14-3-6-16(26)7-4-14/h3-9,13,18H,2,10-12H2,1H3/t18-/m1/s1. The SMILES string of the molecule is CCOCc1nnc2n1Cc1c(C3=N[C@@H](c4ccc(F)cc4)CO3)ncn1-c1ccc(Cl)cc1-2. The molecule has 0 fully saturated rings. The van der Waals surface area contributed by atoms with Gasteiger partial charge >= 0.3 is 0 Å². The van der Waals surface area contributed by atoms with E-state index in [4.69, 9.17) is 26.1 Å². The number of benzene rings is 2. The molecule has 2 aliphatic rings. The molecule has 0 saturated heterocycles. The molecule has 172 valence electrons. The molecule has 0 radical (unpaired) electrons. The molecule has 34 heavy (non-hydrogen) atoms. The highest BCUT2D eigenvalue weighted by Crippen LogP contribution is 2.35. The Morgan fingerprint density at radius 3 is 2.85 bits per heavy atom. The lowest BCUT2D eigenvalue weighted by molar-refractivity contribution is 0.125. The van der Waals surface area contributed by atoms with Gasteiger partial charge in [0.25, 0.3) is 0 Å². The van der Waals surface area contributed by atoms with Crippen molar-refractivity contribution < 1.29 is 13.9 Å². The summed E-state index contributed by atoms with van der Waals surface area (Å²) in [6, 6.07) is 11.8. The average molecular weight is 479 g/mol. The second kappa shape index (κ2) is 8.34. The van der Waals surface area contributed by atoms with Crippen LogP contribution >= 0.6 is 11.6 Å². The number of ether oxygens (including phenoxy) is 2. The maximum absolute atomic E-state index is 13.3. The Morgan fingerprint density at radius 2 is 2.03 bits per heavy atom. The molecule has 4 aromatic rings. The summed E-state index contributed by atoms with van der Waals surface area (Å²) < 4.78 is 29.0. The first-order valence-electron chi connectivity index (χ1n) is 10.9. The molecule has 0 N–H and O–H groups in total. The van der Waals surface area contributed by atoms with Gasteiger partial charge in [-0.3, -0.25) is 4.57 Å².